The zero-order valence-electron chi connectivity index (χ0n) is 20.2. The Morgan fingerprint density at radius 1 is 1.08 bits per heavy atom. The Labute approximate surface area is 226 Å². The summed E-state index contributed by atoms with van der Waals surface area (Å²) in [7, 11) is 0. The zero-order valence-corrected chi connectivity index (χ0v) is 21.7. The third kappa shape index (κ3) is 7.13. The van der Waals surface area contributed by atoms with Gasteiger partial charge in [0.15, 0.2) is 5.54 Å². The van der Waals surface area contributed by atoms with Gasteiger partial charge in [0.2, 0.25) is 5.90 Å². The molecule has 1 heterocycles. The van der Waals surface area contributed by atoms with E-state index in [9.17, 15) is 4.79 Å². The third-order valence-corrected chi connectivity index (χ3v) is 6.60. The molecule has 3 aromatic rings. The molecule has 0 aliphatic carbocycles. The van der Waals surface area contributed by atoms with E-state index in [1.165, 1.54) is 0 Å². The number of aliphatic hydroxyl groups is 1. The van der Waals surface area contributed by atoms with Crippen molar-refractivity contribution in [2.45, 2.75) is 24.9 Å². The summed E-state index contributed by atoms with van der Waals surface area (Å²) in [6, 6.07) is 22.5. The van der Waals surface area contributed by atoms with E-state index < -0.39 is 5.54 Å². The molecule has 0 bridgehead atoms. The van der Waals surface area contributed by atoms with Crippen molar-refractivity contribution in [1.29, 1.82) is 0 Å². The molecule has 192 valence electrons. The minimum absolute atomic E-state index is 0.0800. The lowest BCUT2D eigenvalue weighted by Gasteiger charge is -2.21. The predicted molar refractivity (Wildman–Crippen MR) is 147 cm³/mol. The Kier molecular flexibility index (Phi) is 9.23. The van der Waals surface area contributed by atoms with Crippen LogP contribution in [0.15, 0.2) is 83.9 Å². The number of aliphatic hydroxyl groups excluding tert-OH is 1. The van der Waals surface area contributed by atoms with Gasteiger partial charge in [-0.1, -0.05) is 71.8 Å². The minimum atomic E-state index is -1.12. The van der Waals surface area contributed by atoms with Gasteiger partial charge in [0, 0.05) is 31.6 Å². The Morgan fingerprint density at radius 3 is 2.59 bits per heavy atom. The van der Waals surface area contributed by atoms with E-state index in [1.54, 1.807) is 12.1 Å². The summed E-state index contributed by atoms with van der Waals surface area (Å²) < 4.78 is 11.5. The number of nitrogens with one attached hydrogen (secondary N) is 1. The second-order valence-electron chi connectivity index (χ2n) is 8.64. The number of hydrogen-bond acceptors (Lipinski definition) is 5. The van der Waals surface area contributed by atoms with Gasteiger partial charge in [-0.2, -0.15) is 0 Å². The third-order valence-electron chi connectivity index (χ3n) is 5.86. The first-order chi connectivity index (χ1) is 18.0. The molecule has 8 heteroatoms. The molecular formula is C29H28Cl2N2O4. The number of ether oxygens (including phenoxy) is 2. The van der Waals surface area contributed by atoms with Crippen LogP contribution in [0.4, 0.5) is 0 Å². The van der Waals surface area contributed by atoms with Crippen LogP contribution >= 0.6 is 23.2 Å². The molecule has 1 amide bonds. The molecule has 6 nitrogen and oxygen atoms in total. The van der Waals surface area contributed by atoms with Crippen molar-refractivity contribution in [2.24, 2.45) is 4.99 Å². The second kappa shape index (κ2) is 12.8. The van der Waals surface area contributed by atoms with Crippen molar-refractivity contribution in [2.75, 3.05) is 19.8 Å². The number of halogens is 2. The van der Waals surface area contributed by atoms with E-state index in [1.807, 2.05) is 72.8 Å². The smallest absolute Gasteiger partial charge is 0.252 e. The number of nitrogens with zero attached hydrogens (tertiary/aromatic N) is 1. The maximum Gasteiger partial charge on any atom is 0.252 e. The highest BCUT2D eigenvalue weighted by Gasteiger charge is 2.43. The van der Waals surface area contributed by atoms with Gasteiger partial charge >= 0.3 is 0 Å². The number of aliphatic imine (C=N–C) groups is 1. The van der Waals surface area contributed by atoms with Crippen molar-refractivity contribution in [1.82, 2.24) is 5.32 Å². The van der Waals surface area contributed by atoms with Crippen LogP contribution in [-0.4, -0.2) is 42.3 Å². The molecule has 0 saturated heterocycles. The van der Waals surface area contributed by atoms with E-state index >= 15 is 0 Å². The van der Waals surface area contributed by atoms with E-state index in [2.05, 4.69) is 5.32 Å². The molecule has 0 aromatic heterocycles. The van der Waals surface area contributed by atoms with Gasteiger partial charge in [-0.3, -0.25) is 4.79 Å². The Hall–Kier alpha value is -3.32. The highest BCUT2D eigenvalue weighted by molar-refractivity contribution is 6.42. The van der Waals surface area contributed by atoms with Crippen molar-refractivity contribution in [3.05, 3.63) is 106 Å². The molecule has 0 spiro atoms. The molecule has 1 aliphatic rings. The normalized spacial score (nSPS) is 16.9. The van der Waals surface area contributed by atoms with Crippen LogP contribution in [0.25, 0.3) is 6.08 Å². The van der Waals surface area contributed by atoms with Crippen LogP contribution in [0, 0.1) is 0 Å². The Morgan fingerprint density at radius 2 is 1.86 bits per heavy atom. The monoisotopic (exact) mass is 538 g/mol. The molecule has 0 radical (unpaired) electrons. The molecule has 0 saturated carbocycles. The number of rotatable bonds is 11. The van der Waals surface area contributed by atoms with E-state index in [0.29, 0.717) is 41.1 Å². The molecule has 0 unspecified atom stereocenters. The standard InChI is InChI=1S/C29H28Cl2N2O4/c30-25-14-9-22(18-26(25)31)19-32-28(35)29(15-4-8-21-6-2-1-3-7-21)20-37-27(33-29)23-10-12-24(13-11-23)36-17-5-16-34/h1-4,6-14,18,34H,5,15-17,19-20H2,(H,32,35)/b8-4+/t29-/m1/s1. The highest BCUT2D eigenvalue weighted by Crippen LogP contribution is 2.28. The fraction of sp³-hybridized carbons (Fsp3) is 0.241. The van der Waals surface area contributed by atoms with Gasteiger partial charge in [-0.15, -0.1) is 0 Å². The van der Waals surface area contributed by atoms with E-state index in [0.717, 1.165) is 16.7 Å². The van der Waals surface area contributed by atoms with Crippen molar-refractivity contribution >= 4 is 41.1 Å². The first kappa shape index (κ1) is 26.7. The number of hydrogen-bond donors (Lipinski definition) is 2. The van der Waals surface area contributed by atoms with Gasteiger partial charge < -0.3 is 19.9 Å². The first-order valence-electron chi connectivity index (χ1n) is 12.0. The topological polar surface area (TPSA) is 80.2 Å². The van der Waals surface area contributed by atoms with Gasteiger partial charge in [0.05, 0.1) is 16.7 Å². The van der Waals surface area contributed by atoms with Gasteiger partial charge in [-0.05, 0) is 47.5 Å². The van der Waals surface area contributed by atoms with Crippen LogP contribution in [0.2, 0.25) is 10.0 Å². The largest absolute Gasteiger partial charge is 0.494 e. The fourth-order valence-electron chi connectivity index (χ4n) is 3.81. The van der Waals surface area contributed by atoms with Crippen LogP contribution in [0.5, 0.6) is 5.75 Å². The quantitative estimate of drug-likeness (QED) is 0.307. The van der Waals surface area contributed by atoms with Gasteiger partial charge in [-0.25, -0.2) is 4.99 Å². The number of amides is 1. The molecule has 1 atom stereocenters. The number of benzene rings is 3. The molecule has 3 aromatic carbocycles. The maximum absolute atomic E-state index is 13.5. The van der Waals surface area contributed by atoms with Gasteiger partial charge in [0.25, 0.3) is 5.91 Å². The Bertz CT molecular complexity index is 1260. The summed E-state index contributed by atoms with van der Waals surface area (Å²) >= 11 is 12.1. The summed E-state index contributed by atoms with van der Waals surface area (Å²) in [5.74, 6) is 0.849. The molecule has 0 fully saturated rings. The summed E-state index contributed by atoms with van der Waals surface area (Å²) in [4.78, 5) is 18.3. The lowest BCUT2D eigenvalue weighted by molar-refractivity contribution is -0.126. The van der Waals surface area contributed by atoms with Crippen LogP contribution in [-0.2, 0) is 16.1 Å². The molecule has 4 rings (SSSR count). The van der Waals surface area contributed by atoms with Crippen LogP contribution < -0.4 is 10.1 Å². The van der Waals surface area contributed by atoms with E-state index in [4.69, 9.17) is 42.8 Å². The predicted octanol–water partition coefficient (Wildman–Crippen LogP) is 5.69. The van der Waals surface area contributed by atoms with Crippen molar-refractivity contribution in [3.63, 3.8) is 0 Å². The Balaban J connectivity index is 1.52. The minimum Gasteiger partial charge on any atom is -0.494 e. The van der Waals surface area contributed by atoms with Crippen LogP contribution in [0.1, 0.15) is 29.5 Å². The average molecular weight is 539 g/mol. The van der Waals surface area contributed by atoms with Crippen molar-refractivity contribution < 1.29 is 19.4 Å². The number of carbonyl (C=O) groups is 1. The molecule has 1 aliphatic heterocycles. The number of carbonyl (C=O) groups excluding carboxylic acids is 1. The second-order valence-corrected chi connectivity index (χ2v) is 9.45. The summed E-state index contributed by atoms with van der Waals surface area (Å²) in [6.07, 6.45) is 4.84. The average Bonchev–Trinajstić information content (AvgIpc) is 3.36. The molecule has 2 N–H and O–H groups in total. The van der Waals surface area contributed by atoms with E-state index in [-0.39, 0.29) is 25.7 Å². The zero-order chi connectivity index (χ0) is 26.1. The lowest BCUT2D eigenvalue weighted by atomic mass is 9.95. The van der Waals surface area contributed by atoms with Gasteiger partial charge in [0.1, 0.15) is 12.4 Å². The summed E-state index contributed by atoms with van der Waals surface area (Å²) in [5, 5.41) is 12.8. The van der Waals surface area contributed by atoms with Crippen molar-refractivity contribution in [3.8, 4) is 5.75 Å². The summed E-state index contributed by atoms with van der Waals surface area (Å²) in [6.45, 7) is 0.911. The van der Waals surface area contributed by atoms with Crippen LogP contribution in [0.3, 0.4) is 0 Å². The summed E-state index contributed by atoms with van der Waals surface area (Å²) in [5.41, 5.74) is 1.50. The lowest BCUT2D eigenvalue weighted by Crippen LogP contribution is -2.46. The highest BCUT2D eigenvalue weighted by atomic mass is 35.5. The molecule has 37 heavy (non-hydrogen) atoms. The fourth-order valence-corrected chi connectivity index (χ4v) is 4.13. The first-order valence-corrected chi connectivity index (χ1v) is 12.8. The maximum atomic E-state index is 13.5. The molecular weight excluding hydrogens is 511 g/mol. The SMILES string of the molecule is O=C(NCc1ccc(Cl)c(Cl)c1)[C@@]1(C/C=C/c2ccccc2)COC(c2ccc(OCCCO)cc2)=N1.